The van der Waals surface area contributed by atoms with E-state index in [9.17, 15) is 13.2 Å². The van der Waals surface area contributed by atoms with Gasteiger partial charge in [-0.1, -0.05) is 41.4 Å². The molecule has 0 aliphatic heterocycles. The van der Waals surface area contributed by atoms with Crippen molar-refractivity contribution < 1.29 is 23.1 Å². The molecule has 30 heavy (non-hydrogen) atoms. The summed E-state index contributed by atoms with van der Waals surface area (Å²) in [6.07, 6.45) is 0. The van der Waals surface area contributed by atoms with E-state index >= 15 is 0 Å². The molecule has 0 bridgehead atoms. The summed E-state index contributed by atoms with van der Waals surface area (Å²) in [5.74, 6) is -0.759. The van der Waals surface area contributed by atoms with E-state index in [4.69, 9.17) is 21.4 Å². The minimum absolute atomic E-state index is 0.0999. The van der Waals surface area contributed by atoms with Crippen molar-refractivity contribution >= 4 is 33.3 Å². The minimum atomic E-state index is -3.85. The van der Waals surface area contributed by atoms with Gasteiger partial charge in [0.05, 0.1) is 17.1 Å². The van der Waals surface area contributed by atoms with Crippen molar-refractivity contribution in [2.45, 2.75) is 18.4 Å². The fraction of sp³-hybridized carbons (Fsp3) is 0.136. The molecule has 0 aliphatic carbocycles. The summed E-state index contributed by atoms with van der Waals surface area (Å²) in [4.78, 5) is 10.8. The van der Waals surface area contributed by atoms with E-state index in [1.807, 2.05) is 6.92 Å². The first-order chi connectivity index (χ1) is 14.3. The Kier molecular flexibility index (Phi) is 6.64. The lowest BCUT2D eigenvalue weighted by Crippen LogP contribution is -2.30. The van der Waals surface area contributed by atoms with Gasteiger partial charge in [0, 0.05) is 5.02 Å². The van der Waals surface area contributed by atoms with Gasteiger partial charge in [-0.3, -0.25) is 4.31 Å². The topological polar surface area (TPSA) is 83.9 Å². The lowest BCUT2D eigenvalue weighted by atomic mass is 10.2. The number of carbonyl (C=O) groups is 1. The van der Waals surface area contributed by atoms with Crippen LogP contribution in [0.1, 0.15) is 11.1 Å². The number of ether oxygens (including phenoxy) is 1. The molecule has 0 aromatic heterocycles. The molecule has 0 spiro atoms. The third kappa shape index (κ3) is 5.31. The predicted molar refractivity (Wildman–Crippen MR) is 116 cm³/mol. The summed E-state index contributed by atoms with van der Waals surface area (Å²) in [7, 11) is -3.85. The number of carboxylic acids is 1. The van der Waals surface area contributed by atoms with E-state index in [-0.39, 0.29) is 11.4 Å². The van der Waals surface area contributed by atoms with Gasteiger partial charge in [0.15, 0.2) is 6.61 Å². The van der Waals surface area contributed by atoms with Crippen LogP contribution in [0.15, 0.2) is 77.7 Å². The summed E-state index contributed by atoms with van der Waals surface area (Å²) < 4.78 is 33.2. The van der Waals surface area contributed by atoms with Crippen LogP contribution in [0.5, 0.6) is 5.75 Å². The van der Waals surface area contributed by atoms with Gasteiger partial charge < -0.3 is 9.84 Å². The van der Waals surface area contributed by atoms with E-state index < -0.39 is 22.6 Å². The zero-order valence-corrected chi connectivity index (χ0v) is 17.7. The Bertz CT molecular complexity index is 1110. The predicted octanol–water partition coefficient (Wildman–Crippen LogP) is 4.51. The van der Waals surface area contributed by atoms with Gasteiger partial charge in [-0.2, -0.15) is 0 Å². The van der Waals surface area contributed by atoms with Crippen molar-refractivity contribution in [3.8, 4) is 5.75 Å². The van der Waals surface area contributed by atoms with Crippen LogP contribution in [0, 0.1) is 6.92 Å². The Labute approximate surface area is 180 Å². The maximum Gasteiger partial charge on any atom is 0.341 e. The minimum Gasteiger partial charge on any atom is -0.482 e. The molecule has 0 aliphatic rings. The Balaban J connectivity index is 1.97. The number of hydrogen-bond donors (Lipinski definition) is 1. The molecule has 0 fully saturated rings. The molecule has 0 radical (unpaired) electrons. The number of hydrogen-bond acceptors (Lipinski definition) is 4. The molecule has 1 N–H and O–H groups in total. The maximum absolute atomic E-state index is 13.4. The largest absolute Gasteiger partial charge is 0.482 e. The molecule has 6 nitrogen and oxygen atoms in total. The zero-order valence-electron chi connectivity index (χ0n) is 16.2. The number of halogens is 1. The highest BCUT2D eigenvalue weighted by Crippen LogP contribution is 2.28. The highest BCUT2D eigenvalue weighted by molar-refractivity contribution is 7.92. The molecule has 3 aromatic carbocycles. The molecule has 0 saturated carbocycles. The van der Waals surface area contributed by atoms with Gasteiger partial charge in [-0.25, -0.2) is 13.2 Å². The van der Waals surface area contributed by atoms with Crippen molar-refractivity contribution in [2.75, 3.05) is 10.9 Å². The van der Waals surface area contributed by atoms with Crippen LogP contribution in [0.25, 0.3) is 0 Å². The van der Waals surface area contributed by atoms with Gasteiger partial charge in [0.1, 0.15) is 5.75 Å². The van der Waals surface area contributed by atoms with E-state index in [0.29, 0.717) is 16.5 Å². The van der Waals surface area contributed by atoms with Crippen molar-refractivity contribution in [1.29, 1.82) is 0 Å². The number of nitrogens with zero attached hydrogens (tertiary/aromatic N) is 1. The van der Waals surface area contributed by atoms with E-state index in [1.165, 1.54) is 16.4 Å². The lowest BCUT2D eigenvalue weighted by Gasteiger charge is -2.25. The third-order valence-electron chi connectivity index (χ3n) is 4.34. The molecular weight excluding hydrogens is 426 g/mol. The monoisotopic (exact) mass is 445 g/mol. The van der Waals surface area contributed by atoms with Gasteiger partial charge in [0.25, 0.3) is 10.0 Å². The molecule has 0 heterocycles. The summed E-state index contributed by atoms with van der Waals surface area (Å²) >= 11 is 5.95. The van der Waals surface area contributed by atoms with Crippen LogP contribution in [0.3, 0.4) is 0 Å². The highest BCUT2D eigenvalue weighted by atomic mass is 35.5. The Morgan fingerprint density at radius 3 is 2.13 bits per heavy atom. The quantitative estimate of drug-likeness (QED) is 0.551. The molecule has 0 amide bonds. The van der Waals surface area contributed by atoms with Gasteiger partial charge in [-0.15, -0.1) is 0 Å². The first-order valence-corrected chi connectivity index (χ1v) is 10.9. The molecule has 3 rings (SSSR count). The van der Waals surface area contributed by atoms with E-state index in [0.717, 1.165) is 11.1 Å². The van der Waals surface area contributed by atoms with Crippen LogP contribution in [-0.2, 0) is 21.4 Å². The van der Waals surface area contributed by atoms with Gasteiger partial charge in [-0.05, 0) is 61.0 Å². The average Bonchev–Trinajstić information content (AvgIpc) is 2.72. The molecule has 0 unspecified atom stereocenters. The summed E-state index contributed by atoms with van der Waals surface area (Å²) in [5, 5.41) is 9.29. The average molecular weight is 446 g/mol. The maximum atomic E-state index is 13.4. The first kappa shape index (κ1) is 21.7. The van der Waals surface area contributed by atoms with Crippen molar-refractivity contribution in [1.82, 2.24) is 0 Å². The third-order valence-corrected chi connectivity index (χ3v) is 6.38. The van der Waals surface area contributed by atoms with Crippen molar-refractivity contribution in [3.05, 3.63) is 88.9 Å². The molecule has 0 saturated heterocycles. The van der Waals surface area contributed by atoms with Gasteiger partial charge in [0.2, 0.25) is 0 Å². The first-order valence-electron chi connectivity index (χ1n) is 9.04. The molecule has 156 valence electrons. The number of rotatable bonds is 8. The second-order valence-corrected chi connectivity index (χ2v) is 8.93. The molecular formula is C22H20ClNO5S. The summed E-state index contributed by atoms with van der Waals surface area (Å²) in [6, 6.07) is 19.8. The number of aryl methyl sites for hydroxylation is 1. The summed E-state index contributed by atoms with van der Waals surface area (Å²) in [6.45, 7) is 1.51. The Morgan fingerprint density at radius 1 is 0.967 bits per heavy atom. The van der Waals surface area contributed by atoms with Crippen LogP contribution in [-0.4, -0.2) is 26.1 Å². The van der Waals surface area contributed by atoms with Crippen molar-refractivity contribution in [2.24, 2.45) is 0 Å². The van der Waals surface area contributed by atoms with E-state index in [2.05, 4.69) is 0 Å². The lowest BCUT2D eigenvalue weighted by molar-refractivity contribution is -0.139. The second-order valence-electron chi connectivity index (χ2n) is 6.63. The number of sulfonamides is 1. The second kappa shape index (κ2) is 9.19. The highest BCUT2D eigenvalue weighted by Gasteiger charge is 2.25. The standard InChI is InChI=1S/C22H20ClNO5S/c1-16-2-12-21(13-3-16)30(27,28)24(14-17-4-6-18(23)7-5-17)19-8-10-20(11-9-19)29-15-22(25)26/h2-13H,14-15H2,1H3,(H,25,26). The van der Waals surface area contributed by atoms with Crippen LogP contribution < -0.4 is 9.04 Å². The molecule has 0 atom stereocenters. The van der Waals surface area contributed by atoms with Crippen LogP contribution >= 0.6 is 11.6 Å². The number of aliphatic carboxylic acids is 1. The normalized spacial score (nSPS) is 11.1. The number of carboxylic acid groups (broad SMARTS) is 1. The van der Waals surface area contributed by atoms with E-state index in [1.54, 1.807) is 60.7 Å². The summed E-state index contributed by atoms with van der Waals surface area (Å²) in [5.41, 5.74) is 2.15. The zero-order chi connectivity index (χ0) is 21.7. The molecule has 3 aromatic rings. The fourth-order valence-electron chi connectivity index (χ4n) is 2.76. The van der Waals surface area contributed by atoms with Crippen LogP contribution in [0.2, 0.25) is 5.02 Å². The Hall–Kier alpha value is -3.03. The smallest absolute Gasteiger partial charge is 0.341 e. The van der Waals surface area contributed by atoms with Crippen LogP contribution in [0.4, 0.5) is 5.69 Å². The molecule has 8 heteroatoms. The van der Waals surface area contributed by atoms with Gasteiger partial charge >= 0.3 is 5.97 Å². The SMILES string of the molecule is Cc1ccc(S(=O)(=O)N(Cc2ccc(Cl)cc2)c2ccc(OCC(=O)O)cc2)cc1. The Morgan fingerprint density at radius 2 is 1.57 bits per heavy atom. The number of benzene rings is 3. The fourth-order valence-corrected chi connectivity index (χ4v) is 4.34. The number of anilines is 1. The van der Waals surface area contributed by atoms with Crippen molar-refractivity contribution in [3.63, 3.8) is 0 Å².